The summed E-state index contributed by atoms with van der Waals surface area (Å²) in [5, 5.41) is 13.7. The van der Waals surface area contributed by atoms with Crippen LogP contribution >= 0.6 is 0 Å². The lowest BCUT2D eigenvalue weighted by Crippen LogP contribution is -2.52. The van der Waals surface area contributed by atoms with Crippen LogP contribution < -0.4 is 5.32 Å². The van der Waals surface area contributed by atoms with E-state index in [0.717, 1.165) is 13.1 Å². The maximum atomic E-state index is 12.6. The van der Waals surface area contributed by atoms with Crippen LogP contribution in [0.3, 0.4) is 0 Å². The number of benzene rings is 1. The number of rotatable bonds is 3. The number of carbonyl (C=O) groups is 1. The first-order valence-corrected chi connectivity index (χ1v) is 6.89. The second-order valence-corrected chi connectivity index (χ2v) is 5.35. The van der Waals surface area contributed by atoms with E-state index in [1.54, 1.807) is 13.1 Å². The molecule has 0 bridgehead atoms. The molecule has 1 amide bonds. The predicted molar refractivity (Wildman–Crippen MR) is 80.6 cm³/mol. The van der Waals surface area contributed by atoms with Gasteiger partial charge < -0.3 is 15.1 Å². The number of hydrogen-bond acceptors (Lipinski definition) is 5. The number of nitrogens with zero attached hydrogens (tertiary/aromatic N) is 3. The zero-order valence-electron chi connectivity index (χ0n) is 12.5. The number of nitro benzene ring substituents is 1. The fourth-order valence-corrected chi connectivity index (χ4v) is 2.64. The molecule has 1 aromatic carbocycles. The number of anilines is 1. The van der Waals surface area contributed by atoms with Crippen LogP contribution in [0.1, 0.15) is 17.3 Å². The Morgan fingerprint density at radius 3 is 2.71 bits per heavy atom. The molecule has 1 aliphatic rings. The molecule has 114 valence electrons. The minimum atomic E-state index is -0.460. The van der Waals surface area contributed by atoms with E-state index in [1.165, 1.54) is 12.1 Å². The zero-order valence-corrected chi connectivity index (χ0v) is 12.5. The largest absolute Gasteiger partial charge is 0.383 e. The van der Waals surface area contributed by atoms with Crippen LogP contribution in [0.25, 0.3) is 0 Å². The van der Waals surface area contributed by atoms with Gasteiger partial charge in [0.05, 0.1) is 4.92 Å². The van der Waals surface area contributed by atoms with E-state index in [4.69, 9.17) is 0 Å². The molecule has 1 saturated heterocycles. The van der Waals surface area contributed by atoms with Crippen LogP contribution in [-0.4, -0.2) is 60.4 Å². The average Bonchev–Trinajstić information content (AvgIpc) is 2.45. The second kappa shape index (κ2) is 6.09. The fraction of sp³-hybridized carbons (Fsp3) is 0.500. The summed E-state index contributed by atoms with van der Waals surface area (Å²) >= 11 is 0. The Morgan fingerprint density at radius 2 is 2.14 bits per heavy atom. The molecule has 1 aromatic rings. The Bertz CT molecular complexity index is 561. The minimum absolute atomic E-state index is 0.0273. The molecule has 0 radical (unpaired) electrons. The molecular weight excluding hydrogens is 272 g/mol. The number of nitro groups is 1. The quantitative estimate of drug-likeness (QED) is 0.673. The van der Waals surface area contributed by atoms with Crippen LogP contribution in [0.4, 0.5) is 11.4 Å². The van der Waals surface area contributed by atoms with Crippen molar-refractivity contribution in [2.24, 2.45) is 0 Å². The molecule has 21 heavy (non-hydrogen) atoms. The average molecular weight is 292 g/mol. The molecule has 1 unspecified atom stereocenters. The molecule has 2 rings (SSSR count). The van der Waals surface area contributed by atoms with E-state index in [2.05, 4.69) is 10.2 Å². The first-order chi connectivity index (χ1) is 9.93. The van der Waals surface area contributed by atoms with Crippen molar-refractivity contribution in [1.29, 1.82) is 0 Å². The fourth-order valence-electron chi connectivity index (χ4n) is 2.64. The molecule has 1 heterocycles. The van der Waals surface area contributed by atoms with Gasteiger partial charge in [0.25, 0.3) is 11.6 Å². The SMILES string of the molecule is CNc1cc(C(=O)N2CCN(C)CC2C)ccc1[N+](=O)[O-]. The van der Waals surface area contributed by atoms with Gasteiger partial charge in [-0.3, -0.25) is 14.9 Å². The van der Waals surface area contributed by atoms with Gasteiger partial charge in [-0.2, -0.15) is 0 Å². The Kier molecular flexibility index (Phi) is 4.42. The first kappa shape index (κ1) is 15.2. The third-order valence-corrected chi connectivity index (χ3v) is 3.80. The zero-order chi connectivity index (χ0) is 15.6. The topological polar surface area (TPSA) is 78.7 Å². The van der Waals surface area contributed by atoms with Gasteiger partial charge in [-0.15, -0.1) is 0 Å². The lowest BCUT2D eigenvalue weighted by Gasteiger charge is -2.38. The highest BCUT2D eigenvalue weighted by molar-refractivity contribution is 5.96. The molecule has 1 aliphatic heterocycles. The molecule has 1 N–H and O–H groups in total. The van der Waals surface area contributed by atoms with Crippen molar-refractivity contribution in [3.63, 3.8) is 0 Å². The van der Waals surface area contributed by atoms with Crippen molar-refractivity contribution in [2.75, 3.05) is 39.0 Å². The van der Waals surface area contributed by atoms with Crippen LogP contribution in [0, 0.1) is 10.1 Å². The van der Waals surface area contributed by atoms with Gasteiger partial charge >= 0.3 is 0 Å². The highest BCUT2D eigenvalue weighted by Crippen LogP contribution is 2.26. The van der Waals surface area contributed by atoms with Crippen molar-refractivity contribution in [3.8, 4) is 0 Å². The standard InChI is InChI=1S/C14H20N4O3/c1-10-9-16(3)6-7-17(10)14(19)11-4-5-13(18(20)21)12(8-11)15-2/h4-5,8,10,15H,6-7,9H2,1-3H3. The van der Waals surface area contributed by atoms with Crippen LogP contribution in [0.2, 0.25) is 0 Å². The van der Waals surface area contributed by atoms with Gasteiger partial charge in [-0.1, -0.05) is 0 Å². The van der Waals surface area contributed by atoms with E-state index in [9.17, 15) is 14.9 Å². The molecule has 0 aliphatic carbocycles. The lowest BCUT2D eigenvalue weighted by molar-refractivity contribution is -0.383. The second-order valence-electron chi connectivity index (χ2n) is 5.35. The van der Waals surface area contributed by atoms with E-state index >= 15 is 0 Å². The smallest absolute Gasteiger partial charge is 0.292 e. The van der Waals surface area contributed by atoms with E-state index < -0.39 is 4.92 Å². The third kappa shape index (κ3) is 3.13. The summed E-state index contributed by atoms with van der Waals surface area (Å²) in [6, 6.07) is 4.57. The number of nitrogens with one attached hydrogen (secondary N) is 1. The van der Waals surface area contributed by atoms with Gasteiger partial charge in [-0.25, -0.2) is 0 Å². The number of piperazine rings is 1. The maximum Gasteiger partial charge on any atom is 0.292 e. The Labute approximate surface area is 123 Å². The highest BCUT2D eigenvalue weighted by atomic mass is 16.6. The summed E-state index contributed by atoms with van der Waals surface area (Å²) in [6.07, 6.45) is 0. The Hall–Kier alpha value is -2.15. The Morgan fingerprint density at radius 1 is 1.43 bits per heavy atom. The maximum absolute atomic E-state index is 12.6. The molecule has 7 heteroatoms. The molecule has 0 aromatic heterocycles. The number of likely N-dealkylation sites (N-methyl/N-ethyl adjacent to an activating group) is 1. The number of carbonyl (C=O) groups excluding carboxylic acids is 1. The van der Waals surface area contributed by atoms with Crippen LogP contribution in [0.5, 0.6) is 0 Å². The molecule has 0 spiro atoms. The van der Waals surface area contributed by atoms with Gasteiger partial charge in [0.2, 0.25) is 0 Å². The summed E-state index contributed by atoms with van der Waals surface area (Å²) in [5.41, 5.74) is 0.800. The van der Waals surface area contributed by atoms with E-state index in [-0.39, 0.29) is 17.6 Å². The van der Waals surface area contributed by atoms with Crippen molar-refractivity contribution >= 4 is 17.3 Å². The molecule has 1 atom stereocenters. The predicted octanol–water partition coefficient (Wildman–Crippen LogP) is 1.41. The molecule has 7 nitrogen and oxygen atoms in total. The summed E-state index contributed by atoms with van der Waals surface area (Å²) in [7, 11) is 3.64. The number of hydrogen-bond donors (Lipinski definition) is 1. The van der Waals surface area contributed by atoms with Crippen molar-refractivity contribution < 1.29 is 9.72 Å². The summed E-state index contributed by atoms with van der Waals surface area (Å²) in [6.45, 7) is 4.35. The number of amides is 1. The van der Waals surface area contributed by atoms with Crippen molar-refractivity contribution in [1.82, 2.24) is 9.80 Å². The summed E-state index contributed by atoms with van der Waals surface area (Å²) in [4.78, 5) is 27.0. The molecule has 1 fully saturated rings. The first-order valence-electron chi connectivity index (χ1n) is 6.89. The van der Waals surface area contributed by atoms with Crippen LogP contribution in [0.15, 0.2) is 18.2 Å². The van der Waals surface area contributed by atoms with Gasteiger partial charge in [-0.05, 0) is 26.1 Å². The van der Waals surface area contributed by atoms with Crippen molar-refractivity contribution in [3.05, 3.63) is 33.9 Å². The molecule has 0 saturated carbocycles. The third-order valence-electron chi connectivity index (χ3n) is 3.80. The normalized spacial score (nSPS) is 19.4. The summed E-state index contributed by atoms with van der Waals surface area (Å²) < 4.78 is 0. The molecular formula is C14H20N4O3. The minimum Gasteiger partial charge on any atom is -0.383 e. The van der Waals surface area contributed by atoms with Crippen LogP contribution in [-0.2, 0) is 0 Å². The van der Waals surface area contributed by atoms with E-state index in [1.807, 2.05) is 18.9 Å². The van der Waals surface area contributed by atoms with Gasteiger partial charge in [0.1, 0.15) is 5.69 Å². The van der Waals surface area contributed by atoms with Gasteiger partial charge in [0.15, 0.2) is 0 Å². The van der Waals surface area contributed by atoms with E-state index in [0.29, 0.717) is 17.8 Å². The summed E-state index contributed by atoms with van der Waals surface area (Å²) in [5.74, 6) is -0.0815. The highest BCUT2D eigenvalue weighted by Gasteiger charge is 2.27. The van der Waals surface area contributed by atoms with Gasteiger partial charge in [0, 0.05) is 44.4 Å². The van der Waals surface area contributed by atoms with Crippen molar-refractivity contribution in [2.45, 2.75) is 13.0 Å². The Balaban J connectivity index is 2.25. The lowest BCUT2D eigenvalue weighted by atomic mass is 10.1. The monoisotopic (exact) mass is 292 g/mol.